The number of hydrogen-bond acceptors (Lipinski definition) is 6. The van der Waals surface area contributed by atoms with Gasteiger partial charge in [0.05, 0.1) is 16.0 Å². The zero-order chi connectivity index (χ0) is 23.0. The normalized spacial score (nSPS) is 15.1. The minimum Gasteiger partial charge on any atom is -0.490 e. The average molecular weight is 483 g/mol. The lowest BCUT2D eigenvalue weighted by Gasteiger charge is -2.23. The molecule has 0 unspecified atom stereocenters. The number of fused-ring (bicyclic) bond motifs is 1. The predicted octanol–water partition coefficient (Wildman–Crippen LogP) is 4.43. The van der Waals surface area contributed by atoms with Crippen LogP contribution in [0.5, 0.6) is 5.75 Å². The smallest absolute Gasteiger partial charge is 0.269 e. The molecule has 0 aliphatic carbocycles. The second kappa shape index (κ2) is 8.78. The number of benzene rings is 2. The fraction of sp³-hybridized carbons (Fsp3) is 0.250. The van der Waals surface area contributed by atoms with E-state index in [0.29, 0.717) is 16.6 Å². The zero-order valence-electron chi connectivity index (χ0n) is 18.0. The molecule has 4 aromatic rings. The molecule has 2 aromatic carbocycles. The molecule has 2 aromatic heterocycles. The van der Waals surface area contributed by atoms with Gasteiger partial charge in [-0.3, -0.25) is 0 Å². The highest BCUT2D eigenvalue weighted by atomic mass is 35.5. The standard InChI is InChI=1S/C24H23ClN4O3S/c1-16-2-8-20(9-3-16)33(30,31)29-22(14-21-23(25)27-15-28-24(21)29)17-4-6-18(7-5-17)32-19-10-12-26-13-11-19/h2-9,14-15,19,26H,10-13H2,1H3. The van der Waals surface area contributed by atoms with Crippen molar-refractivity contribution < 1.29 is 13.2 Å². The van der Waals surface area contributed by atoms with E-state index in [0.717, 1.165) is 37.2 Å². The number of aryl methyl sites for hydroxylation is 1. The minimum absolute atomic E-state index is 0.174. The molecule has 9 heteroatoms. The van der Waals surface area contributed by atoms with Gasteiger partial charge in [0, 0.05) is 0 Å². The fourth-order valence-corrected chi connectivity index (χ4v) is 5.69. The molecule has 0 atom stereocenters. The summed E-state index contributed by atoms with van der Waals surface area (Å²) in [6.07, 6.45) is 3.37. The summed E-state index contributed by atoms with van der Waals surface area (Å²) in [5.74, 6) is 0.757. The molecule has 33 heavy (non-hydrogen) atoms. The Balaban J connectivity index is 1.60. The second-order valence-electron chi connectivity index (χ2n) is 8.11. The van der Waals surface area contributed by atoms with Crippen LogP contribution in [-0.2, 0) is 10.0 Å². The Kier molecular flexibility index (Phi) is 5.82. The monoisotopic (exact) mass is 482 g/mol. The predicted molar refractivity (Wildman–Crippen MR) is 128 cm³/mol. The molecule has 0 spiro atoms. The summed E-state index contributed by atoms with van der Waals surface area (Å²) in [5, 5.41) is 3.99. The fourth-order valence-electron chi connectivity index (χ4n) is 4.03. The molecular weight excluding hydrogens is 460 g/mol. The van der Waals surface area contributed by atoms with Crippen LogP contribution in [-0.4, -0.2) is 41.6 Å². The Morgan fingerprint density at radius 2 is 1.73 bits per heavy atom. The van der Waals surface area contributed by atoms with Crippen molar-refractivity contribution in [1.29, 1.82) is 0 Å². The van der Waals surface area contributed by atoms with Crippen LogP contribution in [0.15, 0.2) is 65.8 Å². The molecule has 0 bridgehead atoms. The Labute approximate surface area is 197 Å². The Bertz CT molecular complexity index is 1390. The Morgan fingerprint density at radius 1 is 1.03 bits per heavy atom. The van der Waals surface area contributed by atoms with Crippen molar-refractivity contribution >= 4 is 32.7 Å². The van der Waals surface area contributed by atoms with Crippen LogP contribution in [0, 0.1) is 6.92 Å². The van der Waals surface area contributed by atoms with Gasteiger partial charge >= 0.3 is 0 Å². The van der Waals surface area contributed by atoms with E-state index in [1.807, 2.05) is 31.2 Å². The highest BCUT2D eigenvalue weighted by Crippen LogP contribution is 2.34. The molecule has 1 N–H and O–H groups in total. The van der Waals surface area contributed by atoms with Gasteiger partial charge < -0.3 is 10.1 Å². The third kappa shape index (κ3) is 4.21. The van der Waals surface area contributed by atoms with Crippen molar-refractivity contribution in [3.05, 3.63) is 71.6 Å². The van der Waals surface area contributed by atoms with Crippen molar-refractivity contribution in [3.8, 4) is 17.0 Å². The van der Waals surface area contributed by atoms with Crippen LogP contribution in [0.2, 0.25) is 5.15 Å². The maximum atomic E-state index is 13.7. The van der Waals surface area contributed by atoms with Gasteiger partial charge in [0.2, 0.25) is 0 Å². The summed E-state index contributed by atoms with van der Waals surface area (Å²) < 4.78 is 34.7. The second-order valence-corrected chi connectivity index (χ2v) is 10.3. The third-order valence-electron chi connectivity index (χ3n) is 5.80. The molecule has 1 fully saturated rings. The van der Waals surface area contributed by atoms with E-state index in [1.165, 1.54) is 10.3 Å². The molecule has 1 saturated heterocycles. The minimum atomic E-state index is -3.94. The van der Waals surface area contributed by atoms with Crippen molar-refractivity contribution in [1.82, 2.24) is 19.3 Å². The quantitative estimate of drug-likeness (QED) is 0.423. The van der Waals surface area contributed by atoms with Gasteiger partial charge in [-0.1, -0.05) is 29.3 Å². The first kappa shape index (κ1) is 21.9. The SMILES string of the molecule is Cc1ccc(S(=O)(=O)n2c(-c3ccc(OC4CCNCC4)cc3)cc3c(Cl)ncnc32)cc1. The summed E-state index contributed by atoms with van der Waals surface area (Å²) >= 11 is 6.30. The molecule has 7 nitrogen and oxygen atoms in total. The number of nitrogens with zero attached hydrogens (tertiary/aromatic N) is 3. The van der Waals surface area contributed by atoms with Gasteiger partial charge in [-0.05, 0) is 80.9 Å². The first-order valence-electron chi connectivity index (χ1n) is 10.8. The molecule has 5 rings (SSSR count). The maximum Gasteiger partial charge on any atom is 0.269 e. The lowest BCUT2D eigenvalue weighted by Crippen LogP contribution is -2.34. The van der Waals surface area contributed by atoms with Crippen LogP contribution >= 0.6 is 11.6 Å². The van der Waals surface area contributed by atoms with Crippen LogP contribution in [0.25, 0.3) is 22.3 Å². The van der Waals surface area contributed by atoms with Gasteiger partial charge in [0.25, 0.3) is 10.0 Å². The highest BCUT2D eigenvalue weighted by Gasteiger charge is 2.26. The van der Waals surface area contributed by atoms with E-state index in [4.69, 9.17) is 16.3 Å². The van der Waals surface area contributed by atoms with Gasteiger partial charge in [-0.15, -0.1) is 0 Å². The van der Waals surface area contributed by atoms with Crippen molar-refractivity contribution in [2.45, 2.75) is 30.8 Å². The van der Waals surface area contributed by atoms with Crippen molar-refractivity contribution in [2.75, 3.05) is 13.1 Å². The number of piperidine rings is 1. The molecule has 1 aliphatic heterocycles. The van der Waals surface area contributed by atoms with Gasteiger partial charge in [-0.25, -0.2) is 22.4 Å². The summed E-state index contributed by atoms with van der Waals surface area (Å²) in [4.78, 5) is 8.45. The largest absolute Gasteiger partial charge is 0.490 e. The number of ether oxygens (including phenoxy) is 1. The van der Waals surface area contributed by atoms with E-state index < -0.39 is 10.0 Å². The number of rotatable bonds is 5. The number of aromatic nitrogens is 3. The first-order chi connectivity index (χ1) is 15.9. The van der Waals surface area contributed by atoms with Crippen molar-refractivity contribution in [2.24, 2.45) is 0 Å². The molecular formula is C24H23ClN4O3S. The van der Waals surface area contributed by atoms with E-state index in [9.17, 15) is 8.42 Å². The van der Waals surface area contributed by atoms with Crippen LogP contribution in [0.3, 0.4) is 0 Å². The van der Waals surface area contributed by atoms with E-state index in [1.54, 1.807) is 30.3 Å². The summed E-state index contributed by atoms with van der Waals surface area (Å²) in [6, 6.07) is 15.9. The summed E-state index contributed by atoms with van der Waals surface area (Å²) in [6.45, 7) is 3.80. The maximum absolute atomic E-state index is 13.7. The average Bonchev–Trinajstić information content (AvgIpc) is 3.22. The van der Waals surface area contributed by atoms with E-state index in [2.05, 4.69) is 15.3 Å². The van der Waals surface area contributed by atoms with Gasteiger partial charge in [0.1, 0.15) is 23.3 Å². The lowest BCUT2D eigenvalue weighted by molar-refractivity contribution is 0.162. The molecule has 0 radical (unpaired) electrons. The first-order valence-corrected chi connectivity index (χ1v) is 12.6. The topological polar surface area (TPSA) is 86.1 Å². The van der Waals surface area contributed by atoms with E-state index >= 15 is 0 Å². The number of halogens is 1. The number of nitrogens with one attached hydrogen (secondary N) is 1. The molecule has 170 valence electrons. The van der Waals surface area contributed by atoms with Crippen molar-refractivity contribution in [3.63, 3.8) is 0 Å². The van der Waals surface area contributed by atoms with E-state index in [-0.39, 0.29) is 21.8 Å². The van der Waals surface area contributed by atoms with Gasteiger partial charge in [-0.2, -0.15) is 0 Å². The highest BCUT2D eigenvalue weighted by molar-refractivity contribution is 7.90. The summed E-state index contributed by atoms with van der Waals surface area (Å²) in [5.41, 5.74) is 2.38. The van der Waals surface area contributed by atoms with Crippen LogP contribution < -0.4 is 10.1 Å². The lowest BCUT2D eigenvalue weighted by atomic mass is 10.1. The zero-order valence-corrected chi connectivity index (χ0v) is 19.6. The Hall–Kier alpha value is -2.94. The Morgan fingerprint density at radius 3 is 2.42 bits per heavy atom. The van der Waals surface area contributed by atoms with Crippen LogP contribution in [0.1, 0.15) is 18.4 Å². The van der Waals surface area contributed by atoms with Gasteiger partial charge in [0.15, 0.2) is 5.65 Å². The molecule has 1 aliphatic rings. The number of hydrogen-bond donors (Lipinski definition) is 1. The van der Waals surface area contributed by atoms with Crippen LogP contribution in [0.4, 0.5) is 0 Å². The molecule has 0 amide bonds. The summed E-state index contributed by atoms with van der Waals surface area (Å²) in [7, 11) is -3.94. The molecule has 0 saturated carbocycles. The third-order valence-corrected chi connectivity index (χ3v) is 7.82. The molecule has 3 heterocycles.